The van der Waals surface area contributed by atoms with E-state index in [-0.39, 0.29) is 5.60 Å². The highest BCUT2D eigenvalue weighted by Crippen LogP contribution is 2.36. The molecule has 0 fully saturated rings. The zero-order chi connectivity index (χ0) is 11.5. The Morgan fingerprint density at radius 3 is 2.47 bits per heavy atom. The molecule has 15 heavy (non-hydrogen) atoms. The van der Waals surface area contributed by atoms with E-state index >= 15 is 0 Å². The maximum atomic E-state index is 5.93. The van der Waals surface area contributed by atoms with Gasteiger partial charge in [0.25, 0.3) is 0 Å². The van der Waals surface area contributed by atoms with Crippen LogP contribution >= 0.6 is 0 Å². The van der Waals surface area contributed by atoms with Crippen molar-refractivity contribution in [3.05, 3.63) is 29.8 Å². The molecular formula is C14H22O. The molecule has 0 bridgehead atoms. The van der Waals surface area contributed by atoms with Gasteiger partial charge in [0.05, 0.1) is 0 Å². The Labute approximate surface area is 93.5 Å². The Kier molecular flexibility index (Phi) is 3.78. The molecule has 0 saturated carbocycles. The minimum atomic E-state index is -0.0195. The first-order valence-corrected chi connectivity index (χ1v) is 5.86. The van der Waals surface area contributed by atoms with Crippen molar-refractivity contribution >= 4 is 0 Å². The van der Waals surface area contributed by atoms with Crippen LogP contribution in [-0.2, 0) is 6.42 Å². The minimum Gasteiger partial charge on any atom is -0.487 e. The molecule has 0 aliphatic carbocycles. The molecule has 0 spiro atoms. The molecule has 84 valence electrons. The van der Waals surface area contributed by atoms with Crippen molar-refractivity contribution in [3.8, 4) is 5.75 Å². The van der Waals surface area contributed by atoms with E-state index in [0.29, 0.717) is 5.92 Å². The fourth-order valence-electron chi connectivity index (χ4n) is 1.73. The van der Waals surface area contributed by atoms with Crippen LogP contribution < -0.4 is 4.74 Å². The lowest BCUT2D eigenvalue weighted by Crippen LogP contribution is -2.40. The number of hydrogen-bond acceptors (Lipinski definition) is 1. The lowest BCUT2D eigenvalue weighted by Gasteiger charge is -2.38. The number of rotatable bonds is 0. The lowest BCUT2D eigenvalue weighted by molar-refractivity contribution is 0.0355. The molecule has 0 saturated heterocycles. The third-order valence-electron chi connectivity index (χ3n) is 3.06. The van der Waals surface area contributed by atoms with Gasteiger partial charge in [-0.3, -0.25) is 0 Å². The van der Waals surface area contributed by atoms with E-state index in [4.69, 9.17) is 4.74 Å². The second kappa shape index (κ2) is 4.69. The smallest absolute Gasteiger partial charge is 0.123 e. The van der Waals surface area contributed by atoms with Crippen molar-refractivity contribution in [3.63, 3.8) is 0 Å². The summed E-state index contributed by atoms with van der Waals surface area (Å²) in [5, 5.41) is 0. The second-order valence-electron chi connectivity index (χ2n) is 4.42. The summed E-state index contributed by atoms with van der Waals surface area (Å²) in [4.78, 5) is 0. The molecule has 1 nitrogen and oxygen atoms in total. The van der Waals surface area contributed by atoms with E-state index in [1.807, 2.05) is 19.9 Å². The Morgan fingerprint density at radius 1 is 1.20 bits per heavy atom. The van der Waals surface area contributed by atoms with Gasteiger partial charge in [-0.2, -0.15) is 0 Å². The SMILES string of the molecule is CC.CC1Cc2ccccc2OC1(C)C. The molecule has 1 aromatic rings. The lowest BCUT2D eigenvalue weighted by atomic mass is 9.84. The quantitative estimate of drug-likeness (QED) is 0.622. The first-order chi connectivity index (χ1) is 7.09. The minimum absolute atomic E-state index is 0.0195. The van der Waals surface area contributed by atoms with Crippen LogP contribution in [0.1, 0.15) is 40.2 Å². The van der Waals surface area contributed by atoms with Gasteiger partial charge in [-0.1, -0.05) is 39.0 Å². The van der Waals surface area contributed by atoms with Crippen LogP contribution in [0.4, 0.5) is 0 Å². The van der Waals surface area contributed by atoms with Crippen LogP contribution in [0, 0.1) is 5.92 Å². The summed E-state index contributed by atoms with van der Waals surface area (Å²) in [7, 11) is 0. The van der Waals surface area contributed by atoms with Crippen molar-refractivity contribution in [2.24, 2.45) is 5.92 Å². The van der Waals surface area contributed by atoms with Gasteiger partial charge in [0.1, 0.15) is 11.4 Å². The monoisotopic (exact) mass is 206 g/mol. The van der Waals surface area contributed by atoms with Crippen molar-refractivity contribution in [2.45, 2.75) is 46.6 Å². The number of para-hydroxylation sites is 1. The van der Waals surface area contributed by atoms with Gasteiger partial charge in [-0.05, 0) is 37.8 Å². The predicted octanol–water partition coefficient (Wildman–Crippen LogP) is 4.06. The summed E-state index contributed by atoms with van der Waals surface area (Å²) in [5.41, 5.74) is 1.32. The molecule has 0 N–H and O–H groups in total. The van der Waals surface area contributed by atoms with Crippen molar-refractivity contribution in [1.82, 2.24) is 0 Å². The number of hydrogen-bond donors (Lipinski definition) is 0. The fourth-order valence-corrected chi connectivity index (χ4v) is 1.73. The zero-order valence-corrected chi connectivity index (χ0v) is 10.5. The van der Waals surface area contributed by atoms with Gasteiger partial charge in [0, 0.05) is 0 Å². The molecular weight excluding hydrogens is 184 g/mol. The summed E-state index contributed by atoms with van der Waals surface area (Å²) in [6, 6.07) is 8.32. The average molecular weight is 206 g/mol. The van der Waals surface area contributed by atoms with Crippen LogP contribution in [0.2, 0.25) is 0 Å². The standard InChI is InChI=1S/C12H16O.C2H6/c1-9-8-10-6-4-5-7-11(10)13-12(9,2)3;1-2/h4-7,9H,8H2,1-3H3;1-2H3. The molecule has 1 atom stereocenters. The zero-order valence-electron chi connectivity index (χ0n) is 10.5. The van der Waals surface area contributed by atoms with Gasteiger partial charge in [0.15, 0.2) is 0 Å². The molecule has 1 heterocycles. The largest absolute Gasteiger partial charge is 0.487 e. The van der Waals surface area contributed by atoms with Gasteiger partial charge in [0.2, 0.25) is 0 Å². The highest BCUT2D eigenvalue weighted by molar-refractivity contribution is 5.36. The molecule has 2 rings (SSSR count). The van der Waals surface area contributed by atoms with Crippen molar-refractivity contribution < 1.29 is 4.74 Å². The number of fused-ring (bicyclic) bond motifs is 1. The molecule has 0 amide bonds. The van der Waals surface area contributed by atoms with Crippen LogP contribution in [0.3, 0.4) is 0 Å². The number of benzene rings is 1. The Morgan fingerprint density at radius 2 is 1.80 bits per heavy atom. The molecule has 0 radical (unpaired) electrons. The second-order valence-corrected chi connectivity index (χ2v) is 4.42. The summed E-state index contributed by atoms with van der Waals surface area (Å²) in [6.45, 7) is 10.6. The Balaban J connectivity index is 0.000000531. The summed E-state index contributed by atoms with van der Waals surface area (Å²) < 4.78 is 5.93. The van der Waals surface area contributed by atoms with Crippen molar-refractivity contribution in [1.29, 1.82) is 0 Å². The van der Waals surface area contributed by atoms with Crippen LogP contribution in [0.5, 0.6) is 5.75 Å². The van der Waals surface area contributed by atoms with Gasteiger partial charge < -0.3 is 4.74 Å². The summed E-state index contributed by atoms with van der Waals surface area (Å²) in [5.74, 6) is 1.65. The first-order valence-electron chi connectivity index (χ1n) is 5.86. The maximum absolute atomic E-state index is 5.93. The molecule has 1 aliphatic rings. The van der Waals surface area contributed by atoms with Gasteiger partial charge in [-0.15, -0.1) is 0 Å². The summed E-state index contributed by atoms with van der Waals surface area (Å²) >= 11 is 0. The van der Waals surface area contributed by atoms with E-state index in [1.54, 1.807) is 0 Å². The third-order valence-corrected chi connectivity index (χ3v) is 3.06. The fraction of sp³-hybridized carbons (Fsp3) is 0.571. The molecule has 1 heteroatoms. The van der Waals surface area contributed by atoms with E-state index in [0.717, 1.165) is 12.2 Å². The highest BCUT2D eigenvalue weighted by atomic mass is 16.5. The van der Waals surface area contributed by atoms with E-state index in [1.165, 1.54) is 5.56 Å². The third kappa shape index (κ3) is 2.53. The van der Waals surface area contributed by atoms with Crippen LogP contribution in [0.25, 0.3) is 0 Å². The van der Waals surface area contributed by atoms with Gasteiger partial charge >= 0.3 is 0 Å². The average Bonchev–Trinajstić information content (AvgIpc) is 2.22. The normalized spacial score (nSPS) is 21.8. The first kappa shape index (κ1) is 12.1. The molecule has 0 aromatic heterocycles. The molecule has 1 aromatic carbocycles. The Bertz CT molecular complexity index is 315. The maximum Gasteiger partial charge on any atom is 0.123 e. The highest BCUT2D eigenvalue weighted by Gasteiger charge is 2.33. The number of ether oxygens (including phenoxy) is 1. The van der Waals surface area contributed by atoms with Crippen molar-refractivity contribution in [2.75, 3.05) is 0 Å². The topological polar surface area (TPSA) is 9.23 Å². The predicted molar refractivity (Wildman–Crippen MR) is 65.4 cm³/mol. The Hall–Kier alpha value is -0.980. The molecule has 1 unspecified atom stereocenters. The van der Waals surface area contributed by atoms with Gasteiger partial charge in [-0.25, -0.2) is 0 Å². The van der Waals surface area contributed by atoms with E-state index in [9.17, 15) is 0 Å². The summed E-state index contributed by atoms with van der Waals surface area (Å²) in [6.07, 6.45) is 1.13. The van der Waals surface area contributed by atoms with Crippen LogP contribution in [-0.4, -0.2) is 5.60 Å². The van der Waals surface area contributed by atoms with Crippen LogP contribution in [0.15, 0.2) is 24.3 Å². The van der Waals surface area contributed by atoms with E-state index in [2.05, 4.69) is 39.0 Å². The molecule has 1 aliphatic heterocycles. The van der Waals surface area contributed by atoms with E-state index < -0.39 is 0 Å².